The van der Waals surface area contributed by atoms with Crippen molar-refractivity contribution in [2.45, 2.75) is 77.7 Å². The fourth-order valence-electron chi connectivity index (χ4n) is 4.55. The standard InChI is InChI=1S/C16H33NSi/c1-15(2,3)17-11-16(12-18(4,5)6)10-13-7-8-14(16)9-13/h13-14,17H,7-12H2,1-6H3. The molecule has 1 nitrogen and oxygen atoms in total. The average Bonchev–Trinajstić information content (AvgIpc) is 2.71. The number of fused-ring (bicyclic) bond motifs is 2. The Hall–Kier alpha value is 0.177. The van der Waals surface area contributed by atoms with Gasteiger partial charge < -0.3 is 5.32 Å². The molecule has 0 aromatic heterocycles. The van der Waals surface area contributed by atoms with Gasteiger partial charge in [0.05, 0.1) is 0 Å². The minimum absolute atomic E-state index is 0.272. The maximum atomic E-state index is 3.83. The number of hydrogen-bond donors (Lipinski definition) is 1. The van der Waals surface area contributed by atoms with E-state index in [4.69, 9.17) is 0 Å². The number of nitrogens with one attached hydrogen (secondary N) is 1. The molecule has 0 saturated heterocycles. The van der Waals surface area contributed by atoms with Crippen LogP contribution >= 0.6 is 0 Å². The van der Waals surface area contributed by atoms with E-state index < -0.39 is 8.07 Å². The van der Waals surface area contributed by atoms with Crippen molar-refractivity contribution < 1.29 is 0 Å². The second-order valence-electron chi connectivity index (χ2n) is 9.28. The van der Waals surface area contributed by atoms with Crippen LogP contribution in [0.3, 0.4) is 0 Å². The van der Waals surface area contributed by atoms with Crippen LogP contribution < -0.4 is 5.32 Å². The lowest BCUT2D eigenvalue weighted by Gasteiger charge is -2.43. The molecular formula is C16H33NSi. The van der Waals surface area contributed by atoms with Crippen LogP contribution in [0, 0.1) is 17.3 Å². The molecule has 0 radical (unpaired) electrons. The summed E-state index contributed by atoms with van der Waals surface area (Å²) >= 11 is 0. The lowest BCUT2D eigenvalue weighted by Crippen LogP contribution is -2.48. The van der Waals surface area contributed by atoms with Crippen molar-refractivity contribution in [1.29, 1.82) is 0 Å². The van der Waals surface area contributed by atoms with E-state index in [0.29, 0.717) is 5.41 Å². The quantitative estimate of drug-likeness (QED) is 0.739. The Labute approximate surface area is 115 Å². The van der Waals surface area contributed by atoms with Crippen LogP contribution in [0.15, 0.2) is 0 Å². The van der Waals surface area contributed by atoms with Crippen molar-refractivity contribution in [3.8, 4) is 0 Å². The van der Waals surface area contributed by atoms with Gasteiger partial charge in [0.15, 0.2) is 0 Å². The molecule has 106 valence electrons. The Morgan fingerprint density at radius 1 is 1.17 bits per heavy atom. The molecule has 2 heteroatoms. The van der Waals surface area contributed by atoms with Crippen molar-refractivity contribution in [2.75, 3.05) is 6.54 Å². The lowest BCUT2D eigenvalue weighted by atomic mass is 9.74. The highest BCUT2D eigenvalue weighted by atomic mass is 28.3. The van der Waals surface area contributed by atoms with Crippen molar-refractivity contribution in [3.05, 3.63) is 0 Å². The first-order valence-corrected chi connectivity index (χ1v) is 11.6. The van der Waals surface area contributed by atoms with Gasteiger partial charge in [0.1, 0.15) is 0 Å². The zero-order valence-corrected chi connectivity index (χ0v) is 14.4. The summed E-state index contributed by atoms with van der Waals surface area (Å²) in [6.07, 6.45) is 6.09. The van der Waals surface area contributed by atoms with Gasteiger partial charge in [-0.05, 0) is 57.3 Å². The molecule has 0 aromatic carbocycles. The van der Waals surface area contributed by atoms with Gasteiger partial charge in [-0.1, -0.05) is 32.1 Å². The maximum absolute atomic E-state index is 3.83. The molecule has 0 aliphatic heterocycles. The highest BCUT2D eigenvalue weighted by Crippen LogP contribution is 2.58. The Morgan fingerprint density at radius 2 is 1.83 bits per heavy atom. The fraction of sp³-hybridized carbons (Fsp3) is 1.00. The van der Waals surface area contributed by atoms with Gasteiger partial charge in [0.25, 0.3) is 0 Å². The summed E-state index contributed by atoms with van der Waals surface area (Å²) in [6, 6.07) is 1.53. The van der Waals surface area contributed by atoms with E-state index in [9.17, 15) is 0 Å². The molecule has 18 heavy (non-hydrogen) atoms. The van der Waals surface area contributed by atoms with Gasteiger partial charge >= 0.3 is 0 Å². The topological polar surface area (TPSA) is 12.0 Å². The molecule has 2 saturated carbocycles. The molecule has 0 spiro atoms. The third kappa shape index (κ3) is 3.39. The third-order valence-electron chi connectivity index (χ3n) is 4.96. The van der Waals surface area contributed by atoms with Crippen molar-refractivity contribution in [2.24, 2.45) is 17.3 Å². The van der Waals surface area contributed by atoms with Crippen LogP contribution in [0.5, 0.6) is 0 Å². The SMILES string of the molecule is CC(C)(C)NCC1(C[Si](C)(C)C)CC2CCC1C2. The van der Waals surface area contributed by atoms with Crippen LogP contribution in [0.4, 0.5) is 0 Å². The van der Waals surface area contributed by atoms with Gasteiger partial charge in [0, 0.05) is 20.2 Å². The van der Waals surface area contributed by atoms with Crippen molar-refractivity contribution in [1.82, 2.24) is 5.32 Å². The second-order valence-corrected chi connectivity index (χ2v) is 14.8. The van der Waals surface area contributed by atoms with Gasteiger partial charge in [0.2, 0.25) is 0 Å². The van der Waals surface area contributed by atoms with Crippen molar-refractivity contribution in [3.63, 3.8) is 0 Å². The Bertz CT molecular complexity index is 299. The molecule has 1 N–H and O–H groups in total. The van der Waals surface area contributed by atoms with E-state index in [-0.39, 0.29) is 5.54 Å². The molecule has 0 heterocycles. The fourth-order valence-corrected chi connectivity index (χ4v) is 7.22. The van der Waals surface area contributed by atoms with Gasteiger partial charge in [-0.25, -0.2) is 0 Å². The molecule has 2 rings (SSSR count). The van der Waals surface area contributed by atoms with Crippen molar-refractivity contribution >= 4 is 8.07 Å². The van der Waals surface area contributed by atoms with E-state index in [1.54, 1.807) is 0 Å². The summed E-state index contributed by atoms with van der Waals surface area (Å²) in [5.41, 5.74) is 0.926. The monoisotopic (exact) mass is 267 g/mol. The molecule has 3 atom stereocenters. The van der Waals surface area contributed by atoms with Crippen LogP contribution in [0.25, 0.3) is 0 Å². The minimum Gasteiger partial charge on any atom is -0.312 e. The molecule has 2 aliphatic rings. The summed E-state index contributed by atoms with van der Waals surface area (Å²) in [4.78, 5) is 0. The van der Waals surface area contributed by atoms with Crippen LogP contribution in [-0.2, 0) is 0 Å². The molecule has 2 fully saturated rings. The van der Waals surface area contributed by atoms with Crippen LogP contribution in [0.1, 0.15) is 46.5 Å². The van der Waals surface area contributed by atoms with E-state index in [1.807, 2.05) is 0 Å². The van der Waals surface area contributed by atoms with Crippen LogP contribution in [-0.4, -0.2) is 20.2 Å². The summed E-state index contributed by atoms with van der Waals surface area (Å²) in [5.74, 6) is 2.09. The largest absolute Gasteiger partial charge is 0.312 e. The van der Waals surface area contributed by atoms with Crippen LogP contribution in [0.2, 0.25) is 25.7 Å². The van der Waals surface area contributed by atoms with E-state index >= 15 is 0 Å². The van der Waals surface area contributed by atoms with Gasteiger partial charge in [-0.15, -0.1) is 0 Å². The second kappa shape index (κ2) is 4.62. The molecule has 2 aliphatic carbocycles. The average molecular weight is 268 g/mol. The van der Waals surface area contributed by atoms with E-state index in [1.165, 1.54) is 38.3 Å². The summed E-state index contributed by atoms with van der Waals surface area (Å²) < 4.78 is 0. The molecule has 3 unspecified atom stereocenters. The third-order valence-corrected chi connectivity index (χ3v) is 6.72. The zero-order valence-electron chi connectivity index (χ0n) is 13.4. The highest BCUT2D eigenvalue weighted by molar-refractivity contribution is 6.76. The lowest BCUT2D eigenvalue weighted by molar-refractivity contribution is 0.165. The zero-order chi connectivity index (χ0) is 13.6. The number of hydrogen-bond acceptors (Lipinski definition) is 1. The number of rotatable bonds is 4. The molecule has 0 amide bonds. The maximum Gasteiger partial charge on any atom is 0.0448 e. The first-order valence-electron chi connectivity index (χ1n) is 7.85. The normalized spacial score (nSPS) is 36.3. The highest BCUT2D eigenvalue weighted by Gasteiger charge is 2.52. The Kier molecular flexibility index (Phi) is 3.75. The smallest absolute Gasteiger partial charge is 0.0448 e. The summed E-state index contributed by atoms with van der Waals surface area (Å²) in [6.45, 7) is 15.8. The van der Waals surface area contributed by atoms with E-state index in [0.717, 1.165) is 11.8 Å². The first-order chi connectivity index (χ1) is 8.10. The van der Waals surface area contributed by atoms with E-state index in [2.05, 4.69) is 45.7 Å². The van der Waals surface area contributed by atoms with Gasteiger partial charge in [-0.2, -0.15) is 0 Å². The predicted octanol–water partition coefficient (Wildman–Crippen LogP) is 4.52. The van der Waals surface area contributed by atoms with Gasteiger partial charge in [-0.3, -0.25) is 0 Å². The predicted molar refractivity (Wildman–Crippen MR) is 83.8 cm³/mol. The molecular weight excluding hydrogens is 234 g/mol. The Balaban J connectivity index is 2.09. The summed E-state index contributed by atoms with van der Waals surface area (Å²) in [5, 5.41) is 3.83. The molecule has 2 bridgehead atoms. The summed E-state index contributed by atoms with van der Waals surface area (Å²) in [7, 11) is -0.968. The first kappa shape index (κ1) is 14.6. The molecule has 0 aromatic rings. The minimum atomic E-state index is -0.968. The Morgan fingerprint density at radius 3 is 2.22 bits per heavy atom.